The number of hydrogen-bond acceptors (Lipinski definition) is 8. The van der Waals surface area contributed by atoms with Crippen LogP contribution in [-0.4, -0.2) is 84.7 Å². The zero-order chi connectivity index (χ0) is 31.3. The van der Waals surface area contributed by atoms with Gasteiger partial charge in [-0.3, -0.25) is 4.79 Å². The Kier molecular flexibility index (Phi) is 10.8. The minimum atomic E-state index is -0.695. The summed E-state index contributed by atoms with van der Waals surface area (Å²) in [5.41, 5.74) is 0.465. The van der Waals surface area contributed by atoms with Crippen molar-refractivity contribution in [3.63, 3.8) is 0 Å². The lowest BCUT2D eigenvalue weighted by atomic mass is 9.80. The van der Waals surface area contributed by atoms with Gasteiger partial charge in [-0.1, -0.05) is 24.3 Å². The second kappa shape index (κ2) is 13.9. The van der Waals surface area contributed by atoms with E-state index in [4.69, 9.17) is 23.7 Å². The number of carbonyl (C=O) groups excluding carboxylic acids is 3. The summed E-state index contributed by atoms with van der Waals surface area (Å²) in [6.45, 7) is 12.6. The molecule has 0 bridgehead atoms. The molecule has 240 valence electrons. The highest BCUT2D eigenvalue weighted by molar-refractivity contribution is 5.79. The summed E-state index contributed by atoms with van der Waals surface area (Å²) in [5.74, 6) is -0.171. The molecule has 0 unspecified atom stereocenters. The highest BCUT2D eigenvalue weighted by Crippen LogP contribution is 2.37. The normalized spacial score (nSPS) is 26.6. The molecule has 10 nitrogen and oxygen atoms in total. The second-order valence-electron chi connectivity index (χ2n) is 14.1. The van der Waals surface area contributed by atoms with Crippen molar-refractivity contribution < 1.29 is 38.1 Å². The van der Waals surface area contributed by atoms with E-state index in [2.05, 4.69) is 17.4 Å². The first-order valence-electron chi connectivity index (χ1n) is 15.6. The van der Waals surface area contributed by atoms with Crippen LogP contribution >= 0.6 is 0 Å². The number of piperidine rings is 1. The molecular formula is C33H50N2O8. The van der Waals surface area contributed by atoms with Gasteiger partial charge in [0.15, 0.2) is 0 Å². The zero-order valence-electron chi connectivity index (χ0n) is 26.7. The molecule has 1 aromatic carbocycles. The number of nitrogens with one attached hydrogen (secondary N) is 1. The lowest BCUT2D eigenvalue weighted by Crippen LogP contribution is -2.72. The molecular weight excluding hydrogens is 552 g/mol. The van der Waals surface area contributed by atoms with Crippen LogP contribution in [0.5, 0.6) is 0 Å². The molecule has 0 radical (unpaired) electrons. The van der Waals surface area contributed by atoms with Gasteiger partial charge < -0.3 is 33.9 Å². The minimum Gasteiger partial charge on any atom is -0.458 e. The smallest absolute Gasteiger partial charge is 0.410 e. The Balaban J connectivity index is 1.35. The van der Waals surface area contributed by atoms with E-state index in [1.807, 2.05) is 53.7 Å². The molecule has 2 amide bonds. The topological polar surface area (TPSA) is 113 Å². The molecule has 0 aromatic heterocycles. The van der Waals surface area contributed by atoms with Crippen molar-refractivity contribution >= 4 is 18.0 Å². The Labute approximate surface area is 256 Å². The van der Waals surface area contributed by atoms with E-state index >= 15 is 0 Å². The third-order valence-electron chi connectivity index (χ3n) is 8.20. The largest absolute Gasteiger partial charge is 0.458 e. The van der Waals surface area contributed by atoms with Crippen molar-refractivity contribution in [1.29, 1.82) is 0 Å². The van der Waals surface area contributed by atoms with E-state index < -0.39 is 22.8 Å². The molecule has 1 aromatic rings. The number of esters is 1. The van der Waals surface area contributed by atoms with E-state index in [1.54, 1.807) is 4.90 Å². The van der Waals surface area contributed by atoms with E-state index in [-0.39, 0.29) is 37.2 Å². The molecule has 10 heteroatoms. The fourth-order valence-electron chi connectivity index (χ4n) is 6.41. The number of likely N-dealkylation sites (tertiary alicyclic amines) is 1. The van der Waals surface area contributed by atoms with Crippen molar-refractivity contribution in [1.82, 2.24) is 10.2 Å². The van der Waals surface area contributed by atoms with Gasteiger partial charge in [-0.25, -0.2) is 9.59 Å². The zero-order valence-corrected chi connectivity index (χ0v) is 26.7. The van der Waals surface area contributed by atoms with Crippen LogP contribution in [0.15, 0.2) is 24.3 Å². The third-order valence-corrected chi connectivity index (χ3v) is 8.20. The summed E-state index contributed by atoms with van der Waals surface area (Å²) in [7, 11) is 0. The first kappa shape index (κ1) is 33.2. The number of ether oxygens (including phenoxy) is 5. The van der Waals surface area contributed by atoms with Gasteiger partial charge in [0.05, 0.1) is 37.5 Å². The molecule has 43 heavy (non-hydrogen) atoms. The average molecular weight is 603 g/mol. The summed E-state index contributed by atoms with van der Waals surface area (Å²) in [4.78, 5) is 39.4. The Morgan fingerprint density at radius 1 is 1.02 bits per heavy atom. The predicted octanol–water partition coefficient (Wildman–Crippen LogP) is 4.87. The van der Waals surface area contributed by atoms with Crippen LogP contribution in [0, 0.1) is 0 Å². The van der Waals surface area contributed by atoms with Crippen LogP contribution in [0.25, 0.3) is 0 Å². The van der Waals surface area contributed by atoms with Crippen LogP contribution in [0.1, 0.15) is 97.1 Å². The van der Waals surface area contributed by atoms with Gasteiger partial charge in [0.1, 0.15) is 24.4 Å². The molecule has 3 fully saturated rings. The van der Waals surface area contributed by atoms with E-state index in [0.29, 0.717) is 38.7 Å². The van der Waals surface area contributed by atoms with Crippen LogP contribution in [0.4, 0.5) is 4.79 Å². The SMILES string of the molecule is CC(C)(C)OC(=O)COCc1ccccc1C1CCC(OC[C@@H]2N(C(=O)OC(C)(C)C)CCC[C@@]23COCC(=O)N3)CC1. The number of morpholine rings is 1. The van der Waals surface area contributed by atoms with Gasteiger partial charge in [0.25, 0.3) is 0 Å². The molecule has 2 saturated heterocycles. The minimum absolute atomic E-state index is 0.0271. The number of amides is 2. The summed E-state index contributed by atoms with van der Waals surface area (Å²) < 4.78 is 29.0. The highest BCUT2D eigenvalue weighted by atomic mass is 16.6. The van der Waals surface area contributed by atoms with Crippen LogP contribution in [0.2, 0.25) is 0 Å². The summed E-state index contributed by atoms with van der Waals surface area (Å²) in [6, 6.07) is 7.86. The van der Waals surface area contributed by atoms with Gasteiger partial charge in [0.2, 0.25) is 5.91 Å². The monoisotopic (exact) mass is 602 g/mol. The van der Waals surface area contributed by atoms with Crippen molar-refractivity contribution in [3.8, 4) is 0 Å². The van der Waals surface area contributed by atoms with Crippen molar-refractivity contribution in [2.45, 2.75) is 121 Å². The summed E-state index contributed by atoms with van der Waals surface area (Å²) >= 11 is 0. The molecule has 2 heterocycles. The van der Waals surface area contributed by atoms with E-state index in [9.17, 15) is 14.4 Å². The Bertz CT molecular complexity index is 1110. The maximum absolute atomic E-state index is 13.2. The Morgan fingerprint density at radius 3 is 2.40 bits per heavy atom. The highest BCUT2D eigenvalue weighted by Gasteiger charge is 2.50. The maximum atomic E-state index is 13.2. The lowest BCUT2D eigenvalue weighted by Gasteiger charge is -2.51. The molecule has 1 aliphatic carbocycles. The van der Waals surface area contributed by atoms with Crippen LogP contribution in [0.3, 0.4) is 0 Å². The number of carbonyl (C=O) groups is 3. The first-order valence-corrected chi connectivity index (χ1v) is 15.6. The maximum Gasteiger partial charge on any atom is 0.410 e. The van der Waals surface area contributed by atoms with Gasteiger partial charge in [-0.2, -0.15) is 0 Å². The van der Waals surface area contributed by atoms with E-state index in [1.165, 1.54) is 5.56 Å². The van der Waals surface area contributed by atoms with Gasteiger partial charge in [-0.15, -0.1) is 0 Å². The van der Waals surface area contributed by atoms with Gasteiger partial charge >= 0.3 is 12.1 Å². The summed E-state index contributed by atoms with van der Waals surface area (Å²) in [5, 5.41) is 3.15. The Morgan fingerprint density at radius 2 is 1.72 bits per heavy atom. The van der Waals surface area contributed by atoms with Crippen molar-refractivity contribution in [2.75, 3.05) is 33.0 Å². The lowest BCUT2D eigenvalue weighted by molar-refractivity contribution is -0.160. The fourth-order valence-corrected chi connectivity index (χ4v) is 6.41. The summed E-state index contributed by atoms with van der Waals surface area (Å²) in [6.07, 6.45) is 4.79. The van der Waals surface area contributed by atoms with Crippen LogP contribution in [-0.2, 0) is 39.9 Å². The molecule has 1 spiro atoms. The molecule has 1 saturated carbocycles. The van der Waals surface area contributed by atoms with Crippen molar-refractivity contribution in [2.24, 2.45) is 0 Å². The number of benzene rings is 1. The third kappa shape index (κ3) is 9.40. The van der Waals surface area contributed by atoms with Gasteiger partial charge in [-0.05, 0) is 97.1 Å². The van der Waals surface area contributed by atoms with E-state index in [0.717, 1.165) is 37.7 Å². The van der Waals surface area contributed by atoms with Crippen LogP contribution < -0.4 is 5.32 Å². The second-order valence-corrected chi connectivity index (χ2v) is 14.1. The van der Waals surface area contributed by atoms with Crippen molar-refractivity contribution in [3.05, 3.63) is 35.4 Å². The first-order chi connectivity index (χ1) is 20.2. The molecule has 3 aliphatic rings. The van der Waals surface area contributed by atoms with Gasteiger partial charge in [0, 0.05) is 6.54 Å². The fraction of sp³-hybridized carbons (Fsp3) is 0.727. The Hall–Kier alpha value is -2.69. The number of rotatable bonds is 8. The molecule has 4 rings (SSSR count). The quantitative estimate of drug-likeness (QED) is 0.420. The predicted molar refractivity (Wildman–Crippen MR) is 161 cm³/mol. The standard InChI is InChI=1S/C33H50N2O8/c1-31(2,3)42-29(37)21-39-18-24-10-7-8-11-26(24)23-12-14-25(15-13-23)41-19-27-33(22-40-20-28(36)34-33)16-9-17-35(27)30(38)43-32(4,5)6/h7-8,10-11,23,25,27H,9,12-22H2,1-6H3,(H,34,36)/t23?,25?,27-,33+/m0/s1. The number of nitrogens with zero attached hydrogens (tertiary/aromatic N) is 1. The number of hydrogen-bond donors (Lipinski definition) is 1. The molecule has 1 N–H and O–H groups in total. The average Bonchev–Trinajstić information content (AvgIpc) is 2.91. The molecule has 2 atom stereocenters. The molecule has 2 aliphatic heterocycles.